The quantitative estimate of drug-likeness (QED) is 0.774. The van der Waals surface area contributed by atoms with Crippen molar-refractivity contribution in [2.24, 2.45) is 4.99 Å². The molecule has 0 aromatic carbocycles. The highest BCUT2D eigenvalue weighted by Crippen LogP contribution is 2.40. The third-order valence-electron chi connectivity index (χ3n) is 3.44. The van der Waals surface area contributed by atoms with Crippen molar-refractivity contribution in [1.82, 2.24) is 4.90 Å². The molecule has 0 bridgehead atoms. The van der Waals surface area contributed by atoms with Gasteiger partial charge in [-0.2, -0.15) is 13.2 Å². The average molecular weight is 344 g/mol. The fourth-order valence-electron chi connectivity index (χ4n) is 2.40. The Balaban J connectivity index is 2.20. The van der Waals surface area contributed by atoms with Gasteiger partial charge in [-0.05, 0) is 6.92 Å². The van der Waals surface area contributed by atoms with Gasteiger partial charge in [-0.1, -0.05) is 11.8 Å². The molecule has 0 saturated carbocycles. The molecule has 2 N–H and O–H groups in total. The Morgan fingerprint density at radius 2 is 2.00 bits per heavy atom. The van der Waals surface area contributed by atoms with E-state index >= 15 is 0 Å². The van der Waals surface area contributed by atoms with Gasteiger partial charge in [0.15, 0.2) is 11.3 Å². The summed E-state index contributed by atoms with van der Waals surface area (Å²) in [6, 6.07) is -0.802. The summed E-state index contributed by atoms with van der Waals surface area (Å²) in [7, 11) is 3.45. The van der Waals surface area contributed by atoms with Crippen molar-refractivity contribution in [3.8, 4) is 0 Å². The highest BCUT2D eigenvalue weighted by atomic mass is 32.2. The maximum absolute atomic E-state index is 13.1. The number of hydrogen-bond donors (Lipinski definition) is 2. The first-order valence-electron chi connectivity index (χ1n) is 6.78. The van der Waals surface area contributed by atoms with Crippen LogP contribution in [-0.4, -0.2) is 83.1 Å². The number of halogens is 3. The van der Waals surface area contributed by atoms with E-state index in [9.17, 15) is 23.4 Å². The number of nitrogens with zero attached hydrogens (tertiary/aromatic N) is 2. The Morgan fingerprint density at radius 3 is 2.50 bits per heavy atom. The summed E-state index contributed by atoms with van der Waals surface area (Å²) >= 11 is 1.12. The van der Waals surface area contributed by atoms with Gasteiger partial charge in [0.05, 0.1) is 0 Å². The van der Waals surface area contributed by atoms with Crippen molar-refractivity contribution in [2.45, 2.75) is 49.0 Å². The zero-order chi connectivity index (χ0) is 16.7. The smallest absolute Gasteiger partial charge is 0.388 e. The van der Waals surface area contributed by atoms with Crippen LogP contribution < -0.4 is 0 Å². The summed E-state index contributed by atoms with van der Waals surface area (Å²) < 4.78 is 49.4. The second-order valence-corrected chi connectivity index (χ2v) is 6.35. The second kappa shape index (κ2) is 6.52. The van der Waals surface area contributed by atoms with Crippen molar-refractivity contribution in [3.63, 3.8) is 0 Å². The van der Waals surface area contributed by atoms with Crippen molar-refractivity contribution in [3.05, 3.63) is 0 Å². The van der Waals surface area contributed by atoms with E-state index in [-0.39, 0.29) is 6.61 Å². The Labute approximate surface area is 130 Å². The molecule has 1 fully saturated rings. The molecule has 1 saturated heterocycles. The first kappa shape index (κ1) is 17.8. The first-order valence-corrected chi connectivity index (χ1v) is 7.66. The maximum atomic E-state index is 13.1. The van der Waals surface area contributed by atoms with Gasteiger partial charge in [0.1, 0.15) is 29.8 Å². The zero-order valence-corrected chi connectivity index (χ0v) is 13.1. The van der Waals surface area contributed by atoms with Crippen LogP contribution in [-0.2, 0) is 9.47 Å². The van der Waals surface area contributed by atoms with Gasteiger partial charge in [0.25, 0.3) is 0 Å². The lowest BCUT2D eigenvalue weighted by Crippen LogP contribution is -2.61. The molecule has 0 radical (unpaired) electrons. The van der Waals surface area contributed by atoms with Crippen LogP contribution in [0.4, 0.5) is 13.2 Å². The number of ether oxygens (including phenoxy) is 2. The number of thioether (sulfide) groups is 1. The molecule has 6 atom stereocenters. The summed E-state index contributed by atoms with van der Waals surface area (Å²) in [5.41, 5.74) is -0.786. The van der Waals surface area contributed by atoms with Gasteiger partial charge in [-0.25, -0.2) is 0 Å². The lowest BCUT2D eigenvalue weighted by atomic mass is 9.94. The standard InChI is InChI=1S/C12H19F3N2O4S/c1-4-20-9(12(13,14)15)8-7(19)6(18)5-10(21-8)22-11(16-5)17(2)3/h5-10,18-19H,4H2,1-3H3/t5-,6-,7+,8+,9-,10-/m1/s1. The minimum absolute atomic E-state index is 0.187. The molecule has 2 heterocycles. The topological polar surface area (TPSA) is 74.5 Å². The number of fused-ring (bicyclic) bond motifs is 1. The molecular formula is C12H19F3N2O4S. The molecule has 10 heteroatoms. The molecule has 22 heavy (non-hydrogen) atoms. The first-order chi connectivity index (χ1) is 10.2. The van der Waals surface area contributed by atoms with E-state index in [0.717, 1.165) is 11.8 Å². The molecule has 0 aliphatic carbocycles. The van der Waals surface area contributed by atoms with Crippen molar-refractivity contribution in [1.29, 1.82) is 0 Å². The third kappa shape index (κ3) is 3.35. The average Bonchev–Trinajstić information content (AvgIpc) is 2.83. The fourth-order valence-corrected chi connectivity index (χ4v) is 3.54. The third-order valence-corrected chi connectivity index (χ3v) is 4.74. The summed E-state index contributed by atoms with van der Waals surface area (Å²) in [5, 5.41) is 20.7. The van der Waals surface area contributed by atoms with Crippen LogP contribution in [0.3, 0.4) is 0 Å². The number of hydrogen-bond acceptors (Lipinski definition) is 7. The van der Waals surface area contributed by atoms with Crippen molar-refractivity contribution in [2.75, 3.05) is 20.7 Å². The van der Waals surface area contributed by atoms with E-state index in [1.807, 2.05) is 0 Å². The van der Waals surface area contributed by atoms with E-state index in [2.05, 4.69) is 4.99 Å². The Kier molecular flexibility index (Phi) is 5.27. The van der Waals surface area contributed by atoms with Crippen LogP contribution >= 0.6 is 11.8 Å². The number of rotatable bonds is 3. The summed E-state index contributed by atoms with van der Waals surface area (Å²) in [5.74, 6) is 0. The molecule has 0 amide bonds. The van der Waals surface area contributed by atoms with Crippen molar-refractivity contribution >= 4 is 16.9 Å². The second-order valence-electron chi connectivity index (χ2n) is 5.28. The zero-order valence-electron chi connectivity index (χ0n) is 12.3. The fraction of sp³-hybridized carbons (Fsp3) is 0.917. The normalized spacial score (nSPS) is 36.7. The van der Waals surface area contributed by atoms with Gasteiger partial charge in [-0.3, -0.25) is 4.99 Å². The van der Waals surface area contributed by atoms with Crippen LogP contribution in [0.2, 0.25) is 0 Å². The summed E-state index contributed by atoms with van der Waals surface area (Å²) in [4.78, 5) is 5.86. The Morgan fingerprint density at radius 1 is 1.36 bits per heavy atom. The molecule has 2 rings (SSSR count). The van der Waals surface area contributed by atoms with Gasteiger partial charge in [0.2, 0.25) is 0 Å². The van der Waals surface area contributed by atoms with Crippen molar-refractivity contribution < 1.29 is 32.9 Å². The number of aliphatic imine (C=N–C) groups is 1. The highest BCUT2D eigenvalue weighted by molar-refractivity contribution is 8.14. The SMILES string of the molecule is CCO[C@H]([C@H]1O[C@@H]2SC(N(C)C)=N[C@@H]2[C@@H](O)[C@@H]1O)C(F)(F)F. The van der Waals surface area contributed by atoms with Gasteiger partial charge >= 0.3 is 6.18 Å². The molecule has 2 aliphatic heterocycles. The minimum Gasteiger partial charge on any atom is -0.388 e. The lowest BCUT2D eigenvalue weighted by molar-refractivity contribution is -0.283. The van der Waals surface area contributed by atoms with Gasteiger partial charge in [0, 0.05) is 20.7 Å². The molecule has 2 aliphatic rings. The van der Waals surface area contributed by atoms with E-state index < -0.39 is 42.1 Å². The number of aliphatic hydroxyl groups excluding tert-OH is 2. The van der Waals surface area contributed by atoms with Crippen LogP contribution in [0.25, 0.3) is 0 Å². The van der Waals surface area contributed by atoms with Gasteiger partial charge < -0.3 is 24.6 Å². The lowest BCUT2D eigenvalue weighted by Gasteiger charge is -2.41. The molecule has 128 valence electrons. The van der Waals surface area contributed by atoms with E-state index in [0.29, 0.717) is 5.17 Å². The summed E-state index contributed by atoms with van der Waals surface area (Å²) in [6.45, 7) is 1.23. The minimum atomic E-state index is -4.71. The van der Waals surface area contributed by atoms with E-state index in [4.69, 9.17) is 9.47 Å². The molecule has 0 aromatic rings. The monoisotopic (exact) mass is 344 g/mol. The van der Waals surface area contributed by atoms with E-state index in [1.165, 1.54) is 6.92 Å². The van der Waals surface area contributed by atoms with Crippen LogP contribution in [0, 0.1) is 0 Å². The van der Waals surface area contributed by atoms with Crippen LogP contribution in [0.1, 0.15) is 6.92 Å². The predicted molar refractivity (Wildman–Crippen MR) is 74.6 cm³/mol. The maximum Gasteiger partial charge on any atom is 0.417 e. The highest BCUT2D eigenvalue weighted by Gasteiger charge is 2.57. The summed E-state index contributed by atoms with van der Waals surface area (Å²) in [6.07, 6.45) is -11.9. The molecule has 0 spiro atoms. The number of aliphatic hydroxyl groups is 2. The van der Waals surface area contributed by atoms with Gasteiger partial charge in [-0.15, -0.1) is 0 Å². The number of amidine groups is 1. The Hall–Kier alpha value is -0.550. The van der Waals surface area contributed by atoms with E-state index in [1.54, 1.807) is 19.0 Å². The number of alkyl halides is 3. The molecular weight excluding hydrogens is 325 g/mol. The Bertz CT molecular complexity index is 435. The van der Waals surface area contributed by atoms with Crippen LogP contribution in [0.5, 0.6) is 0 Å². The molecule has 0 unspecified atom stereocenters. The molecule has 0 aromatic heterocycles. The largest absolute Gasteiger partial charge is 0.417 e. The predicted octanol–water partition coefficient (Wildman–Crippen LogP) is 0.433. The molecule has 6 nitrogen and oxygen atoms in total. The van der Waals surface area contributed by atoms with Crippen LogP contribution in [0.15, 0.2) is 4.99 Å².